The van der Waals surface area contributed by atoms with Crippen molar-refractivity contribution in [2.45, 2.75) is 6.42 Å². The largest absolute Gasteiger partial charge is 0.505 e. The van der Waals surface area contributed by atoms with E-state index in [1.54, 1.807) is 0 Å². The van der Waals surface area contributed by atoms with E-state index in [1.165, 1.54) is 0 Å². The molecule has 0 saturated carbocycles. The van der Waals surface area contributed by atoms with E-state index >= 15 is 0 Å². The van der Waals surface area contributed by atoms with Crippen LogP contribution < -0.4 is 0 Å². The molecule has 0 aliphatic heterocycles. The number of aromatic hydroxyl groups is 1. The highest BCUT2D eigenvalue weighted by atomic mass is 35.5. The molecule has 14 heavy (non-hydrogen) atoms. The zero-order valence-electron chi connectivity index (χ0n) is 7.22. The number of phenolic OH excluding ortho intramolecular Hbond substituents is 1. The molecule has 4 heteroatoms. The fraction of sp³-hybridized carbons (Fsp3) is 0.200. The SMILES string of the molecule is OCCC#Cc1cc(F)cc(Cl)c1O. The molecule has 0 atom stereocenters. The minimum absolute atomic E-state index is 0.0710. The van der Waals surface area contributed by atoms with Crippen molar-refractivity contribution in [1.82, 2.24) is 0 Å². The van der Waals surface area contributed by atoms with Gasteiger partial charge in [0.1, 0.15) is 11.6 Å². The summed E-state index contributed by atoms with van der Waals surface area (Å²) in [5, 5.41) is 17.7. The molecule has 2 nitrogen and oxygen atoms in total. The zero-order valence-corrected chi connectivity index (χ0v) is 7.98. The predicted octanol–water partition coefficient (Wildman–Crippen LogP) is 1.92. The fourth-order valence-corrected chi connectivity index (χ4v) is 1.08. The standard InChI is InChI=1S/C10H8ClFO2/c11-9-6-8(12)5-7(10(9)14)3-1-2-4-13/h5-6,13-14H,2,4H2. The summed E-state index contributed by atoms with van der Waals surface area (Å²) in [5.41, 5.74) is 0.128. The first kappa shape index (κ1) is 10.8. The summed E-state index contributed by atoms with van der Waals surface area (Å²) in [5.74, 6) is 4.28. The van der Waals surface area contributed by atoms with Crippen LogP contribution >= 0.6 is 11.6 Å². The van der Waals surface area contributed by atoms with Crippen LogP contribution in [0.3, 0.4) is 0 Å². The number of hydrogen-bond acceptors (Lipinski definition) is 2. The van der Waals surface area contributed by atoms with Gasteiger partial charge in [-0.3, -0.25) is 0 Å². The number of benzene rings is 1. The van der Waals surface area contributed by atoms with E-state index in [0.29, 0.717) is 0 Å². The van der Waals surface area contributed by atoms with E-state index in [2.05, 4.69) is 11.8 Å². The van der Waals surface area contributed by atoms with Crippen molar-refractivity contribution in [3.8, 4) is 17.6 Å². The van der Waals surface area contributed by atoms with E-state index in [1.807, 2.05) is 0 Å². The molecule has 0 aromatic heterocycles. The Bertz CT molecular complexity index is 393. The molecule has 0 aliphatic carbocycles. The number of aliphatic hydroxyl groups is 1. The van der Waals surface area contributed by atoms with Gasteiger partial charge in [-0.05, 0) is 12.1 Å². The molecule has 0 bridgehead atoms. The Kier molecular flexibility index (Phi) is 3.75. The van der Waals surface area contributed by atoms with E-state index < -0.39 is 5.82 Å². The normalized spacial score (nSPS) is 9.36. The Morgan fingerprint density at radius 3 is 2.79 bits per heavy atom. The van der Waals surface area contributed by atoms with Crippen LogP contribution in [-0.4, -0.2) is 16.8 Å². The first-order chi connectivity index (χ1) is 6.65. The lowest BCUT2D eigenvalue weighted by Gasteiger charge is -1.99. The fourth-order valence-electron chi connectivity index (χ4n) is 0.875. The Hall–Kier alpha value is -1.24. The molecule has 2 N–H and O–H groups in total. The third-order valence-corrected chi connectivity index (χ3v) is 1.78. The first-order valence-electron chi connectivity index (χ1n) is 3.93. The number of phenols is 1. The Morgan fingerprint density at radius 2 is 2.14 bits per heavy atom. The number of halogens is 2. The van der Waals surface area contributed by atoms with E-state index in [4.69, 9.17) is 16.7 Å². The average molecular weight is 215 g/mol. The van der Waals surface area contributed by atoms with Gasteiger partial charge in [-0.25, -0.2) is 4.39 Å². The smallest absolute Gasteiger partial charge is 0.149 e. The Labute approximate surface area is 85.9 Å². The van der Waals surface area contributed by atoms with Gasteiger partial charge in [0, 0.05) is 6.42 Å². The topological polar surface area (TPSA) is 40.5 Å². The van der Waals surface area contributed by atoms with Crippen LogP contribution in [0.25, 0.3) is 0 Å². The Balaban J connectivity index is 3.04. The molecule has 0 amide bonds. The molecule has 1 aromatic carbocycles. The highest BCUT2D eigenvalue weighted by Gasteiger charge is 2.05. The summed E-state index contributed by atoms with van der Waals surface area (Å²) in [4.78, 5) is 0. The molecule has 74 valence electrons. The maximum absolute atomic E-state index is 12.8. The maximum atomic E-state index is 12.8. The molecule has 1 aromatic rings. The zero-order chi connectivity index (χ0) is 10.6. The molecule has 1 rings (SSSR count). The number of hydrogen-bond donors (Lipinski definition) is 2. The van der Waals surface area contributed by atoms with Crippen molar-refractivity contribution >= 4 is 11.6 Å². The second kappa shape index (κ2) is 4.85. The van der Waals surface area contributed by atoms with E-state index in [0.717, 1.165) is 12.1 Å². The van der Waals surface area contributed by atoms with Gasteiger partial charge in [0.15, 0.2) is 0 Å². The lowest BCUT2D eigenvalue weighted by molar-refractivity contribution is 0.305. The summed E-state index contributed by atoms with van der Waals surface area (Å²) < 4.78 is 12.8. The molecular weight excluding hydrogens is 207 g/mol. The van der Waals surface area contributed by atoms with Gasteiger partial charge in [-0.15, -0.1) is 0 Å². The predicted molar refractivity (Wildman–Crippen MR) is 51.7 cm³/mol. The van der Waals surface area contributed by atoms with Gasteiger partial charge in [0.2, 0.25) is 0 Å². The third-order valence-electron chi connectivity index (χ3n) is 1.49. The van der Waals surface area contributed by atoms with Crippen molar-refractivity contribution in [2.75, 3.05) is 6.61 Å². The van der Waals surface area contributed by atoms with Crippen molar-refractivity contribution < 1.29 is 14.6 Å². The molecule has 0 heterocycles. The lowest BCUT2D eigenvalue weighted by atomic mass is 10.2. The van der Waals surface area contributed by atoms with Gasteiger partial charge in [-0.1, -0.05) is 23.4 Å². The maximum Gasteiger partial charge on any atom is 0.149 e. The molecule has 0 fully saturated rings. The van der Waals surface area contributed by atoms with Gasteiger partial charge in [0.05, 0.1) is 17.2 Å². The number of aliphatic hydroxyl groups excluding tert-OH is 1. The van der Waals surface area contributed by atoms with Crippen LogP contribution in [0.2, 0.25) is 5.02 Å². The van der Waals surface area contributed by atoms with Gasteiger partial charge < -0.3 is 10.2 Å². The second-order valence-electron chi connectivity index (χ2n) is 2.56. The molecule has 0 aliphatic rings. The monoisotopic (exact) mass is 214 g/mol. The van der Waals surface area contributed by atoms with Crippen LogP contribution in [0.5, 0.6) is 5.75 Å². The summed E-state index contributed by atoms with van der Waals surface area (Å²) in [7, 11) is 0. The summed E-state index contributed by atoms with van der Waals surface area (Å²) in [6.07, 6.45) is 0.271. The van der Waals surface area contributed by atoms with Crippen molar-refractivity contribution in [1.29, 1.82) is 0 Å². The quantitative estimate of drug-likeness (QED) is 0.702. The van der Waals surface area contributed by atoms with Crippen molar-refractivity contribution in [3.05, 3.63) is 28.5 Å². The average Bonchev–Trinajstić information content (AvgIpc) is 2.13. The molecular formula is C10H8ClFO2. The minimum atomic E-state index is -0.555. The Morgan fingerprint density at radius 1 is 1.43 bits per heavy atom. The van der Waals surface area contributed by atoms with Crippen LogP contribution in [0.15, 0.2) is 12.1 Å². The molecule has 0 radical (unpaired) electrons. The molecule has 0 spiro atoms. The van der Waals surface area contributed by atoms with E-state index in [-0.39, 0.29) is 29.4 Å². The van der Waals surface area contributed by atoms with Gasteiger partial charge in [-0.2, -0.15) is 0 Å². The van der Waals surface area contributed by atoms with E-state index in [9.17, 15) is 9.50 Å². The van der Waals surface area contributed by atoms with Crippen LogP contribution in [0.4, 0.5) is 4.39 Å². The van der Waals surface area contributed by atoms with Crippen LogP contribution in [0, 0.1) is 17.7 Å². The van der Waals surface area contributed by atoms with Crippen molar-refractivity contribution in [3.63, 3.8) is 0 Å². The van der Waals surface area contributed by atoms with Crippen LogP contribution in [-0.2, 0) is 0 Å². The number of rotatable bonds is 1. The minimum Gasteiger partial charge on any atom is -0.505 e. The highest BCUT2D eigenvalue weighted by molar-refractivity contribution is 6.32. The summed E-state index contributed by atoms with van der Waals surface area (Å²) >= 11 is 5.52. The third kappa shape index (κ3) is 2.63. The summed E-state index contributed by atoms with van der Waals surface area (Å²) in [6, 6.07) is 2.10. The van der Waals surface area contributed by atoms with Crippen molar-refractivity contribution in [2.24, 2.45) is 0 Å². The first-order valence-corrected chi connectivity index (χ1v) is 4.30. The second-order valence-corrected chi connectivity index (χ2v) is 2.97. The van der Waals surface area contributed by atoms with Gasteiger partial charge in [0.25, 0.3) is 0 Å². The van der Waals surface area contributed by atoms with Gasteiger partial charge >= 0.3 is 0 Å². The lowest BCUT2D eigenvalue weighted by Crippen LogP contribution is -1.83. The highest BCUT2D eigenvalue weighted by Crippen LogP contribution is 2.27. The molecule has 0 unspecified atom stereocenters. The van der Waals surface area contributed by atoms with Crippen LogP contribution in [0.1, 0.15) is 12.0 Å². The summed E-state index contributed by atoms with van der Waals surface area (Å²) in [6.45, 7) is -0.0726. The molecule has 0 saturated heterocycles.